The summed E-state index contributed by atoms with van der Waals surface area (Å²) in [6.45, 7) is 1.80. The molecule has 3 rings (SSSR count). The molecule has 1 heterocycles. The van der Waals surface area contributed by atoms with E-state index in [2.05, 4.69) is 36.8 Å². The number of anilines is 1. The molecule has 30 heavy (non-hydrogen) atoms. The van der Waals surface area contributed by atoms with E-state index in [9.17, 15) is 9.59 Å². The van der Waals surface area contributed by atoms with Crippen LogP contribution < -0.4 is 15.4 Å². The number of hydrogen-bond acceptors (Lipinski definition) is 6. The third kappa shape index (κ3) is 5.84. The summed E-state index contributed by atoms with van der Waals surface area (Å²) in [6, 6.07) is 12.3. The van der Waals surface area contributed by atoms with E-state index in [4.69, 9.17) is 16.3 Å². The Morgan fingerprint density at radius 2 is 2.03 bits per heavy atom. The van der Waals surface area contributed by atoms with Crippen LogP contribution in [-0.4, -0.2) is 35.1 Å². The molecule has 0 aliphatic carbocycles. The van der Waals surface area contributed by atoms with Crippen molar-refractivity contribution in [1.82, 2.24) is 5.32 Å². The summed E-state index contributed by atoms with van der Waals surface area (Å²) < 4.78 is 6.02. The summed E-state index contributed by atoms with van der Waals surface area (Å²) in [5.41, 5.74) is 2.10. The Bertz CT molecular complexity index is 1030. The number of nitrogens with one attached hydrogen (secondary N) is 2. The second-order valence-electron chi connectivity index (χ2n) is 6.29. The minimum Gasteiger partial charge on any atom is -0.496 e. The van der Waals surface area contributed by atoms with Crippen molar-refractivity contribution in [2.45, 2.75) is 18.6 Å². The molecule has 2 N–H and O–H groups in total. The number of nitrogens with zero attached hydrogens (tertiary/aromatic N) is 2. The van der Waals surface area contributed by atoms with Crippen LogP contribution >= 0.6 is 39.3 Å². The largest absolute Gasteiger partial charge is 0.496 e. The Labute approximate surface area is 191 Å². The number of halogens is 2. The van der Waals surface area contributed by atoms with Gasteiger partial charge in [0.05, 0.1) is 17.3 Å². The maximum atomic E-state index is 12.5. The number of benzene rings is 2. The standard InChI is InChI=1S/C20H18BrClN4O3S/c1-11(12-3-8-16(29-2)15(21)9-12)25-26-20-24-18(27)10-17(30-20)19(28)23-14-6-4-13(22)5-7-14/h3-9,17H,10H2,1-2H3,(H,23,28)(H,24,26,27)/b25-11-/t17-/m0/s1. The molecule has 7 nitrogen and oxygen atoms in total. The molecule has 156 valence electrons. The van der Waals surface area contributed by atoms with Crippen LogP contribution in [0.3, 0.4) is 0 Å². The minimum atomic E-state index is -0.612. The molecule has 1 saturated heterocycles. The van der Waals surface area contributed by atoms with Crippen molar-refractivity contribution < 1.29 is 14.3 Å². The van der Waals surface area contributed by atoms with E-state index in [1.807, 2.05) is 18.2 Å². The number of methoxy groups -OCH3 is 1. The SMILES string of the molecule is COc1ccc(/C(C)=N\N=C2\NC(=O)C[C@@H](C(=O)Nc3ccc(Cl)cc3)S2)cc1Br. The second kappa shape index (κ2) is 10.1. The average Bonchev–Trinajstić information content (AvgIpc) is 2.73. The summed E-state index contributed by atoms with van der Waals surface area (Å²) in [7, 11) is 1.59. The van der Waals surface area contributed by atoms with Crippen molar-refractivity contribution in [3.63, 3.8) is 0 Å². The maximum absolute atomic E-state index is 12.5. The number of hydrogen-bond donors (Lipinski definition) is 2. The third-order valence-electron chi connectivity index (χ3n) is 4.14. The normalized spacial score (nSPS) is 18.1. The molecule has 1 fully saturated rings. The fourth-order valence-corrected chi connectivity index (χ4v) is 4.16. The summed E-state index contributed by atoms with van der Waals surface area (Å²) in [5, 5.41) is 14.0. The van der Waals surface area contributed by atoms with E-state index in [1.54, 1.807) is 38.3 Å². The van der Waals surface area contributed by atoms with Crippen LogP contribution in [0.25, 0.3) is 0 Å². The molecular formula is C20H18BrClN4O3S. The number of carbonyl (C=O) groups is 2. The lowest BCUT2D eigenvalue weighted by Crippen LogP contribution is -2.41. The van der Waals surface area contributed by atoms with Gasteiger partial charge in [0.25, 0.3) is 0 Å². The van der Waals surface area contributed by atoms with Gasteiger partial charge in [0, 0.05) is 17.1 Å². The molecule has 2 aromatic rings. The molecule has 10 heteroatoms. The molecular weight excluding hydrogens is 492 g/mol. The van der Waals surface area contributed by atoms with E-state index in [-0.39, 0.29) is 23.4 Å². The van der Waals surface area contributed by atoms with Crippen LogP contribution in [0.5, 0.6) is 5.75 Å². The van der Waals surface area contributed by atoms with Crippen molar-refractivity contribution in [2.24, 2.45) is 10.2 Å². The van der Waals surface area contributed by atoms with E-state index in [1.165, 1.54) is 0 Å². The molecule has 0 spiro atoms. The first-order valence-electron chi connectivity index (χ1n) is 8.85. The van der Waals surface area contributed by atoms with Gasteiger partial charge in [-0.05, 0) is 70.9 Å². The average molecular weight is 510 g/mol. The number of amidine groups is 1. The zero-order chi connectivity index (χ0) is 21.7. The van der Waals surface area contributed by atoms with Crippen LogP contribution in [0.15, 0.2) is 57.1 Å². The van der Waals surface area contributed by atoms with Crippen LogP contribution in [0, 0.1) is 0 Å². The van der Waals surface area contributed by atoms with Crippen molar-refractivity contribution in [1.29, 1.82) is 0 Å². The molecule has 2 amide bonds. The zero-order valence-corrected chi connectivity index (χ0v) is 19.3. The smallest absolute Gasteiger partial charge is 0.238 e. The van der Waals surface area contributed by atoms with Gasteiger partial charge in [-0.1, -0.05) is 23.4 Å². The molecule has 0 bridgehead atoms. The fraction of sp³-hybridized carbons (Fsp3) is 0.200. The number of thioether (sulfide) groups is 1. The minimum absolute atomic E-state index is 0.0528. The van der Waals surface area contributed by atoms with E-state index < -0.39 is 5.25 Å². The zero-order valence-electron chi connectivity index (χ0n) is 16.1. The van der Waals surface area contributed by atoms with Gasteiger partial charge in [-0.15, -0.1) is 5.10 Å². The van der Waals surface area contributed by atoms with Gasteiger partial charge >= 0.3 is 0 Å². The van der Waals surface area contributed by atoms with Crippen molar-refractivity contribution in [3.8, 4) is 5.75 Å². The maximum Gasteiger partial charge on any atom is 0.238 e. The molecule has 0 aromatic heterocycles. The lowest BCUT2D eigenvalue weighted by molar-refractivity contribution is -0.123. The molecule has 1 atom stereocenters. The predicted octanol–water partition coefficient (Wildman–Crippen LogP) is 4.45. The lowest BCUT2D eigenvalue weighted by atomic mass is 10.1. The van der Waals surface area contributed by atoms with Crippen LogP contribution in [0.4, 0.5) is 5.69 Å². The monoisotopic (exact) mass is 508 g/mol. The van der Waals surface area contributed by atoms with Crippen LogP contribution in [0.1, 0.15) is 18.9 Å². The van der Waals surface area contributed by atoms with Gasteiger partial charge in [-0.3, -0.25) is 9.59 Å². The van der Waals surface area contributed by atoms with E-state index >= 15 is 0 Å². The predicted molar refractivity (Wildman–Crippen MR) is 125 cm³/mol. The van der Waals surface area contributed by atoms with Crippen molar-refractivity contribution in [2.75, 3.05) is 12.4 Å². The molecule has 0 saturated carbocycles. The van der Waals surface area contributed by atoms with Gasteiger partial charge in [-0.2, -0.15) is 5.10 Å². The number of ether oxygens (including phenoxy) is 1. The Morgan fingerprint density at radius 3 is 2.70 bits per heavy atom. The first-order valence-corrected chi connectivity index (χ1v) is 10.9. The fourth-order valence-electron chi connectivity index (χ4n) is 2.56. The Kier molecular flexibility index (Phi) is 7.52. The number of rotatable bonds is 5. The molecule has 0 radical (unpaired) electrons. The number of amides is 2. The Morgan fingerprint density at radius 1 is 1.30 bits per heavy atom. The summed E-state index contributed by atoms with van der Waals surface area (Å²) >= 11 is 10.4. The summed E-state index contributed by atoms with van der Waals surface area (Å²) in [4.78, 5) is 24.6. The van der Waals surface area contributed by atoms with Gasteiger partial charge in [0.1, 0.15) is 11.0 Å². The highest BCUT2D eigenvalue weighted by atomic mass is 79.9. The molecule has 1 aliphatic heterocycles. The summed E-state index contributed by atoms with van der Waals surface area (Å²) in [6.07, 6.45) is 0.0528. The van der Waals surface area contributed by atoms with Gasteiger partial charge in [0.2, 0.25) is 11.8 Å². The van der Waals surface area contributed by atoms with E-state index in [0.29, 0.717) is 22.2 Å². The second-order valence-corrected chi connectivity index (χ2v) is 8.78. The quantitative estimate of drug-likeness (QED) is 0.460. The van der Waals surface area contributed by atoms with Gasteiger partial charge in [-0.25, -0.2) is 0 Å². The summed E-state index contributed by atoms with van der Waals surface area (Å²) in [5.74, 6) is 0.135. The third-order valence-corrected chi connectivity index (χ3v) is 6.08. The van der Waals surface area contributed by atoms with Crippen LogP contribution in [-0.2, 0) is 9.59 Å². The highest BCUT2D eigenvalue weighted by molar-refractivity contribution is 9.10. The topological polar surface area (TPSA) is 92.2 Å². The van der Waals surface area contributed by atoms with Crippen molar-refractivity contribution >= 4 is 67.7 Å². The first kappa shape index (κ1) is 22.3. The molecule has 0 unspecified atom stereocenters. The molecule has 2 aromatic carbocycles. The first-order chi connectivity index (χ1) is 14.4. The lowest BCUT2D eigenvalue weighted by Gasteiger charge is -2.21. The Hall–Kier alpha value is -2.36. The van der Waals surface area contributed by atoms with Gasteiger partial charge in [0.15, 0.2) is 5.17 Å². The van der Waals surface area contributed by atoms with Gasteiger partial charge < -0.3 is 15.4 Å². The highest BCUT2D eigenvalue weighted by Crippen LogP contribution is 2.26. The van der Waals surface area contributed by atoms with Crippen molar-refractivity contribution in [3.05, 3.63) is 57.5 Å². The number of carbonyl (C=O) groups excluding carboxylic acids is 2. The highest BCUT2D eigenvalue weighted by Gasteiger charge is 2.30. The molecule has 1 aliphatic rings. The van der Waals surface area contributed by atoms with Crippen LogP contribution in [0.2, 0.25) is 5.02 Å². The Balaban J connectivity index is 1.71. The van der Waals surface area contributed by atoms with E-state index in [0.717, 1.165) is 21.8 Å².